The summed E-state index contributed by atoms with van der Waals surface area (Å²) in [5.74, 6) is 0. The van der Waals surface area contributed by atoms with Crippen molar-refractivity contribution in [1.29, 1.82) is 0 Å². The Kier molecular flexibility index (Phi) is 2.12. The van der Waals surface area contributed by atoms with Gasteiger partial charge in [0.25, 0.3) is 0 Å². The maximum absolute atomic E-state index is 9.33. The van der Waals surface area contributed by atoms with Crippen molar-refractivity contribution in [2.24, 2.45) is 4.75 Å². The van der Waals surface area contributed by atoms with Gasteiger partial charge in [-0.1, -0.05) is 0 Å². The van der Waals surface area contributed by atoms with Crippen molar-refractivity contribution in [3.63, 3.8) is 0 Å². The van der Waals surface area contributed by atoms with Crippen molar-refractivity contribution in [1.82, 2.24) is 0 Å². The van der Waals surface area contributed by atoms with Crippen LogP contribution in [0.2, 0.25) is 0 Å². The van der Waals surface area contributed by atoms with E-state index in [1.165, 1.54) is 0 Å². The molecule has 0 aromatic heterocycles. The molecule has 0 aromatic carbocycles. The van der Waals surface area contributed by atoms with Gasteiger partial charge < -0.3 is 0 Å². The van der Waals surface area contributed by atoms with Crippen LogP contribution in [0.3, 0.4) is 0 Å². The molecule has 0 saturated heterocycles. The predicted molar refractivity (Wildman–Crippen MR) is 14.4 cm³/mol. The van der Waals surface area contributed by atoms with Gasteiger partial charge in [0.05, 0.1) is 0 Å². The van der Waals surface area contributed by atoms with E-state index in [2.05, 4.69) is 4.75 Å². The summed E-state index contributed by atoms with van der Waals surface area (Å²) in [4.78, 5) is 7.95. The van der Waals surface area contributed by atoms with Crippen LogP contribution >= 0.6 is 0 Å². The molecule has 0 radical (unpaired) electrons. The number of carboxylic acid groups (broad SMARTS) is 1. The first-order valence-corrected chi connectivity index (χ1v) is 2.32. The van der Waals surface area contributed by atoms with Gasteiger partial charge >= 0.3 is 38.2 Å². The van der Waals surface area contributed by atoms with Crippen LogP contribution in [0.5, 0.6) is 0 Å². The van der Waals surface area contributed by atoms with Crippen LogP contribution in [-0.4, -0.2) is 14.2 Å². The molecule has 0 aliphatic carbocycles. The predicted octanol–water partition coefficient (Wildman–Crippen LogP) is -0.936. The van der Waals surface area contributed by atoms with Gasteiger partial charge in [-0.2, -0.15) is 0 Å². The summed E-state index contributed by atoms with van der Waals surface area (Å²) in [5.41, 5.74) is 0. The molecule has 0 fully saturated rings. The summed E-state index contributed by atoms with van der Waals surface area (Å²) in [6.07, 6.45) is 0. The van der Waals surface area contributed by atoms with Crippen molar-refractivity contribution in [2.75, 3.05) is 0 Å². The van der Waals surface area contributed by atoms with Crippen LogP contribution in [0.4, 0.5) is 4.79 Å². The molecule has 0 saturated carbocycles. The third-order valence-corrected chi connectivity index (χ3v) is 0.545. The molecule has 0 aromatic rings. The molecule has 42 valence electrons. The zero-order valence-corrected chi connectivity index (χ0v) is 3.62. The number of hydrogen-bond donors (Lipinski definition) is 3. The second kappa shape index (κ2) is 2.15. The molecule has 0 spiro atoms. The first-order chi connectivity index (χ1) is 2.64. The Morgan fingerprint density at radius 3 is 2.00 bits per heavy atom. The van der Waals surface area contributed by atoms with Crippen molar-refractivity contribution < 1.29 is 28.5 Å². The second-order valence-electron chi connectivity index (χ2n) is 0.453. The number of carbonyl (C=O) groups is 1. The van der Waals surface area contributed by atoms with Gasteiger partial charge in [-0.15, -0.1) is 0 Å². The molecule has 0 heterocycles. The van der Waals surface area contributed by atoms with Crippen LogP contribution in [-0.2, 0) is 14.4 Å². The maximum atomic E-state index is 9.33. The van der Waals surface area contributed by atoms with E-state index in [0.717, 1.165) is 0 Å². The summed E-state index contributed by atoms with van der Waals surface area (Å²) < 4.78 is 12.2. The molecule has 5 heteroatoms. The summed E-state index contributed by atoms with van der Waals surface area (Å²) >= 11 is -1.90. The molecule has 4 N–H and O–H groups in total. The molecular formula is CH4CuNO3. The SMILES string of the molecule is [NH2][Cu]([OH])[C](=O)O. The average Bonchev–Trinajstić information content (AvgIpc) is 1.36. The van der Waals surface area contributed by atoms with Crippen LogP contribution in [0.25, 0.3) is 0 Å². The zero-order chi connectivity index (χ0) is 5.15. The van der Waals surface area contributed by atoms with E-state index in [1.54, 1.807) is 0 Å². The molecule has 0 bridgehead atoms. The van der Waals surface area contributed by atoms with Gasteiger partial charge in [0.1, 0.15) is 0 Å². The van der Waals surface area contributed by atoms with E-state index in [1.807, 2.05) is 0 Å². The van der Waals surface area contributed by atoms with Crippen molar-refractivity contribution >= 4 is 4.87 Å². The third-order valence-electron chi connectivity index (χ3n) is 0.132. The summed E-state index contributed by atoms with van der Waals surface area (Å²) in [6, 6.07) is 0. The zero-order valence-electron chi connectivity index (χ0n) is 2.68. The molecule has 4 nitrogen and oxygen atoms in total. The molecule has 0 aliphatic heterocycles. The standard InChI is InChI=1S/CHO2.Cu.H2N.H2O/c2-1-3;;;/h(H,2,3);;2*1H2/q;+2;-1;/p-1. The first kappa shape index (κ1) is 5.91. The number of rotatable bonds is 1. The van der Waals surface area contributed by atoms with Crippen LogP contribution in [0.15, 0.2) is 0 Å². The Morgan fingerprint density at radius 2 is 2.00 bits per heavy atom. The monoisotopic (exact) mass is 141 g/mol. The molecule has 0 atom stereocenters. The number of hydrogen-bond acceptors (Lipinski definition) is 3. The van der Waals surface area contributed by atoms with Crippen LogP contribution < -0.4 is 4.75 Å². The van der Waals surface area contributed by atoms with Gasteiger partial charge in [0, 0.05) is 0 Å². The third kappa shape index (κ3) is 2.17. The second-order valence-corrected chi connectivity index (χ2v) is 1.58. The van der Waals surface area contributed by atoms with Gasteiger partial charge in [-0.05, 0) is 0 Å². The Morgan fingerprint density at radius 1 is 1.83 bits per heavy atom. The van der Waals surface area contributed by atoms with E-state index in [0.29, 0.717) is 0 Å². The molecule has 0 rings (SSSR count). The van der Waals surface area contributed by atoms with Crippen molar-refractivity contribution in [3.05, 3.63) is 0 Å². The Labute approximate surface area is 39.0 Å². The normalized spacial score (nSPS) is 10.7. The van der Waals surface area contributed by atoms with Crippen LogP contribution in [0.1, 0.15) is 0 Å². The molecule has 0 unspecified atom stereocenters. The molecule has 6 heavy (non-hydrogen) atoms. The van der Waals surface area contributed by atoms with Gasteiger partial charge in [0.15, 0.2) is 0 Å². The van der Waals surface area contributed by atoms with E-state index in [9.17, 15) is 4.79 Å². The van der Waals surface area contributed by atoms with Gasteiger partial charge in [-0.25, -0.2) is 0 Å². The fourth-order valence-electron chi connectivity index (χ4n) is 0. The van der Waals surface area contributed by atoms with Gasteiger partial charge in [0.2, 0.25) is 0 Å². The quantitative estimate of drug-likeness (QED) is 0.412. The molecule has 0 aliphatic rings. The van der Waals surface area contributed by atoms with E-state index in [4.69, 9.17) is 9.30 Å². The van der Waals surface area contributed by atoms with E-state index < -0.39 is 19.3 Å². The summed E-state index contributed by atoms with van der Waals surface area (Å²) in [7, 11) is 0. The summed E-state index contributed by atoms with van der Waals surface area (Å²) in [6.45, 7) is 0. The van der Waals surface area contributed by atoms with Crippen molar-refractivity contribution in [3.8, 4) is 0 Å². The minimum absolute atomic E-state index is 1.39. The van der Waals surface area contributed by atoms with Crippen LogP contribution in [0, 0.1) is 0 Å². The average molecular weight is 142 g/mol. The van der Waals surface area contributed by atoms with E-state index >= 15 is 0 Å². The Balaban J connectivity index is 3.26. The topological polar surface area (TPSA) is 83.5 Å². The fourth-order valence-corrected chi connectivity index (χ4v) is 0. The molecule has 0 amide bonds. The Bertz CT molecular complexity index is 61.8. The fraction of sp³-hybridized carbons (Fsp3) is 0. The number of nitrogens with two attached hydrogens (primary N) is 1. The Hall–Kier alpha value is -0.0905. The minimum atomic E-state index is -1.90. The molecular weight excluding hydrogens is 138 g/mol. The van der Waals surface area contributed by atoms with E-state index in [-0.39, 0.29) is 0 Å². The first-order valence-electron chi connectivity index (χ1n) is 0.887. The summed E-state index contributed by atoms with van der Waals surface area (Å²) in [5, 5.41) is 7.62. The van der Waals surface area contributed by atoms with Gasteiger partial charge in [-0.3, -0.25) is 0 Å². The van der Waals surface area contributed by atoms with Crippen molar-refractivity contribution in [2.45, 2.75) is 0 Å².